The van der Waals surface area contributed by atoms with Crippen molar-refractivity contribution in [1.29, 1.82) is 0 Å². The molecule has 5 nitrogen and oxygen atoms in total. The highest BCUT2D eigenvalue weighted by molar-refractivity contribution is 6.38. The SMILES string of the molecule is Fc1cc(OC(F)(F)F)cc(-c2n[nH]c(-c3c(Cl)cncc3Cl)n2)c1. The van der Waals surface area contributed by atoms with E-state index in [1.54, 1.807) is 0 Å². The van der Waals surface area contributed by atoms with Crippen molar-refractivity contribution in [2.45, 2.75) is 6.36 Å². The molecule has 0 spiro atoms. The quantitative estimate of drug-likeness (QED) is 0.645. The number of ether oxygens (including phenoxy) is 1. The molecule has 1 aromatic carbocycles. The van der Waals surface area contributed by atoms with Crippen molar-refractivity contribution in [3.8, 4) is 28.5 Å². The number of benzene rings is 1. The third-order valence-electron chi connectivity index (χ3n) is 2.94. The van der Waals surface area contributed by atoms with Crippen molar-refractivity contribution in [3.05, 3.63) is 46.5 Å². The first-order valence-corrected chi connectivity index (χ1v) is 7.27. The van der Waals surface area contributed by atoms with E-state index in [9.17, 15) is 17.6 Å². The van der Waals surface area contributed by atoms with Crippen LogP contribution in [0, 0.1) is 5.82 Å². The molecule has 0 bridgehead atoms. The average molecular weight is 393 g/mol. The molecule has 0 saturated carbocycles. The van der Waals surface area contributed by atoms with E-state index in [1.165, 1.54) is 12.4 Å². The molecule has 2 aromatic heterocycles. The Morgan fingerprint density at radius 2 is 1.72 bits per heavy atom. The standard InChI is InChI=1S/C14H6Cl2F4N4O/c15-9-4-21-5-10(16)11(9)13-22-12(23-24-13)6-1-7(17)3-8(2-6)25-14(18,19)20/h1-5H,(H,22,23,24). The van der Waals surface area contributed by atoms with Crippen LogP contribution in [0.2, 0.25) is 10.0 Å². The fourth-order valence-corrected chi connectivity index (χ4v) is 2.57. The minimum Gasteiger partial charge on any atom is -0.406 e. The van der Waals surface area contributed by atoms with Gasteiger partial charge in [0.25, 0.3) is 0 Å². The summed E-state index contributed by atoms with van der Waals surface area (Å²) in [6, 6.07) is 2.52. The van der Waals surface area contributed by atoms with Crippen LogP contribution in [0.15, 0.2) is 30.6 Å². The number of aromatic nitrogens is 4. The summed E-state index contributed by atoms with van der Waals surface area (Å²) in [4.78, 5) is 7.88. The number of alkyl halides is 3. The van der Waals surface area contributed by atoms with Crippen LogP contribution in [0.1, 0.15) is 0 Å². The van der Waals surface area contributed by atoms with Gasteiger partial charge in [-0.3, -0.25) is 10.1 Å². The molecule has 0 amide bonds. The summed E-state index contributed by atoms with van der Waals surface area (Å²) in [7, 11) is 0. The van der Waals surface area contributed by atoms with E-state index in [0.29, 0.717) is 11.6 Å². The summed E-state index contributed by atoms with van der Waals surface area (Å²) in [5.74, 6) is -1.59. The van der Waals surface area contributed by atoms with E-state index in [-0.39, 0.29) is 27.3 Å². The first-order valence-electron chi connectivity index (χ1n) is 6.51. The molecule has 0 aliphatic rings. The molecule has 0 atom stereocenters. The highest BCUT2D eigenvalue weighted by Gasteiger charge is 2.31. The van der Waals surface area contributed by atoms with Crippen LogP contribution in [0.4, 0.5) is 17.6 Å². The summed E-state index contributed by atoms with van der Waals surface area (Å²) >= 11 is 12.0. The number of hydrogen-bond acceptors (Lipinski definition) is 4. The number of aromatic amines is 1. The number of hydrogen-bond donors (Lipinski definition) is 1. The maximum atomic E-state index is 13.6. The maximum Gasteiger partial charge on any atom is 0.573 e. The molecule has 0 aliphatic heterocycles. The Morgan fingerprint density at radius 1 is 1.04 bits per heavy atom. The molecule has 25 heavy (non-hydrogen) atoms. The fraction of sp³-hybridized carbons (Fsp3) is 0.0714. The van der Waals surface area contributed by atoms with Gasteiger partial charge < -0.3 is 4.74 Å². The Labute approximate surface area is 147 Å². The highest BCUT2D eigenvalue weighted by atomic mass is 35.5. The second kappa shape index (κ2) is 6.49. The molecular formula is C14H6Cl2F4N4O. The molecule has 0 aliphatic carbocycles. The Balaban J connectivity index is 2.00. The monoisotopic (exact) mass is 392 g/mol. The number of H-pyrrole nitrogens is 1. The number of nitrogens with zero attached hydrogens (tertiary/aromatic N) is 3. The molecule has 0 fully saturated rings. The molecule has 3 rings (SSSR count). The van der Waals surface area contributed by atoms with Gasteiger partial charge in [0.1, 0.15) is 11.6 Å². The van der Waals surface area contributed by atoms with Crippen LogP contribution in [0.5, 0.6) is 5.75 Å². The van der Waals surface area contributed by atoms with Gasteiger partial charge in [-0.25, -0.2) is 9.37 Å². The van der Waals surface area contributed by atoms with Crippen LogP contribution in [-0.2, 0) is 0 Å². The summed E-state index contributed by atoms with van der Waals surface area (Å²) in [5, 5.41) is 6.77. The Kier molecular flexibility index (Phi) is 4.53. The Bertz CT molecular complexity index is 909. The minimum absolute atomic E-state index is 0.0250. The van der Waals surface area contributed by atoms with E-state index in [0.717, 1.165) is 12.1 Å². The zero-order chi connectivity index (χ0) is 18.2. The zero-order valence-electron chi connectivity index (χ0n) is 11.9. The van der Waals surface area contributed by atoms with Gasteiger partial charge >= 0.3 is 6.36 Å². The van der Waals surface area contributed by atoms with E-state index < -0.39 is 17.9 Å². The van der Waals surface area contributed by atoms with Crippen LogP contribution < -0.4 is 4.74 Å². The lowest BCUT2D eigenvalue weighted by atomic mass is 10.2. The number of pyridine rings is 1. The van der Waals surface area contributed by atoms with Gasteiger partial charge in [0.15, 0.2) is 11.6 Å². The van der Waals surface area contributed by atoms with Crippen molar-refractivity contribution >= 4 is 23.2 Å². The van der Waals surface area contributed by atoms with Gasteiger partial charge in [0.2, 0.25) is 0 Å². The van der Waals surface area contributed by atoms with Crippen LogP contribution in [-0.4, -0.2) is 26.5 Å². The van der Waals surface area contributed by atoms with Crippen molar-refractivity contribution in [3.63, 3.8) is 0 Å². The molecule has 0 radical (unpaired) electrons. The van der Waals surface area contributed by atoms with E-state index >= 15 is 0 Å². The predicted octanol–water partition coefficient (Wildman–Crippen LogP) is 4.88. The van der Waals surface area contributed by atoms with Crippen LogP contribution >= 0.6 is 23.2 Å². The summed E-state index contributed by atoms with van der Waals surface area (Å²) < 4.78 is 54.2. The molecule has 0 unspecified atom stereocenters. The second-order valence-electron chi connectivity index (χ2n) is 4.71. The lowest BCUT2D eigenvalue weighted by Gasteiger charge is -2.09. The molecule has 1 N–H and O–H groups in total. The minimum atomic E-state index is -4.95. The third kappa shape index (κ3) is 3.99. The van der Waals surface area contributed by atoms with Gasteiger partial charge in [-0.2, -0.15) is 5.10 Å². The van der Waals surface area contributed by atoms with Crippen LogP contribution in [0.3, 0.4) is 0 Å². The van der Waals surface area contributed by atoms with E-state index in [2.05, 4.69) is 24.9 Å². The summed E-state index contributed by atoms with van der Waals surface area (Å²) in [6.07, 6.45) is -2.28. The van der Waals surface area contributed by atoms with Crippen molar-refractivity contribution in [2.75, 3.05) is 0 Å². The smallest absolute Gasteiger partial charge is 0.406 e. The predicted molar refractivity (Wildman–Crippen MR) is 81.7 cm³/mol. The molecular weight excluding hydrogens is 387 g/mol. The average Bonchev–Trinajstić information content (AvgIpc) is 2.94. The molecule has 11 heteroatoms. The van der Waals surface area contributed by atoms with E-state index in [1.807, 2.05) is 0 Å². The van der Waals surface area contributed by atoms with Crippen molar-refractivity contribution in [1.82, 2.24) is 20.2 Å². The normalized spacial score (nSPS) is 11.6. The van der Waals surface area contributed by atoms with Crippen LogP contribution in [0.25, 0.3) is 22.8 Å². The van der Waals surface area contributed by atoms with Gasteiger partial charge in [-0.1, -0.05) is 23.2 Å². The summed E-state index contributed by atoms with van der Waals surface area (Å²) in [5.41, 5.74) is 0.281. The fourth-order valence-electron chi connectivity index (χ4n) is 2.02. The Hall–Kier alpha value is -2.39. The van der Waals surface area contributed by atoms with Crippen molar-refractivity contribution in [2.24, 2.45) is 0 Å². The highest BCUT2D eigenvalue weighted by Crippen LogP contribution is 2.33. The largest absolute Gasteiger partial charge is 0.573 e. The first-order chi connectivity index (χ1) is 11.7. The number of rotatable bonds is 3. The van der Waals surface area contributed by atoms with Gasteiger partial charge in [-0.15, -0.1) is 13.2 Å². The molecule has 0 saturated heterocycles. The lowest BCUT2D eigenvalue weighted by molar-refractivity contribution is -0.274. The van der Waals surface area contributed by atoms with E-state index in [4.69, 9.17) is 23.2 Å². The summed E-state index contributed by atoms with van der Waals surface area (Å²) in [6.45, 7) is 0. The number of halogens is 6. The maximum absolute atomic E-state index is 13.6. The number of nitrogens with one attached hydrogen (secondary N) is 1. The lowest BCUT2D eigenvalue weighted by Crippen LogP contribution is -2.17. The Morgan fingerprint density at radius 3 is 2.36 bits per heavy atom. The molecule has 2 heterocycles. The van der Waals surface area contributed by atoms with Gasteiger partial charge in [0, 0.05) is 24.0 Å². The molecule has 3 aromatic rings. The van der Waals surface area contributed by atoms with Crippen molar-refractivity contribution < 1.29 is 22.3 Å². The van der Waals surface area contributed by atoms with Gasteiger partial charge in [0.05, 0.1) is 15.6 Å². The topological polar surface area (TPSA) is 63.7 Å². The molecule has 130 valence electrons. The second-order valence-corrected chi connectivity index (χ2v) is 5.52. The van der Waals surface area contributed by atoms with Gasteiger partial charge in [-0.05, 0) is 12.1 Å². The zero-order valence-corrected chi connectivity index (χ0v) is 13.4. The first kappa shape index (κ1) is 17.4. The third-order valence-corrected chi connectivity index (χ3v) is 3.51.